The number of hydrogen-bond donors (Lipinski definition) is 1. The lowest BCUT2D eigenvalue weighted by molar-refractivity contribution is -0.152. The largest absolute Gasteiger partial charge is 0.454 e. The van der Waals surface area contributed by atoms with Crippen molar-refractivity contribution < 1.29 is 14.3 Å². The number of amides is 2. The summed E-state index contributed by atoms with van der Waals surface area (Å²) in [4.78, 5) is 32.5. The fraction of sp³-hybridized carbons (Fsp3) is 0.250. The topological polar surface area (TPSA) is 74.2 Å². The van der Waals surface area contributed by atoms with Gasteiger partial charge in [-0.1, -0.05) is 24.3 Å². The van der Waals surface area contributed by atoms with Crippen LogP contribution in [0.4, 0.5) is 5.69 Å². The number of ether oxygens (including phenoxy) is 1. The van der Waals surface area contributed by atoms with Crippen LogP contribution >= 0.6 is 0 Å². The first kappa shape index (κ1) is 15.9. The standard InChI is InChI=1S/C20H18N4O3/c25-19-20(26)24-10-9-23(12-13(24)11-21-19)18-14-5-1-3-7-16(14)27-17-8-4-2-6-15(17)22-18/h1-8,13H,9-12H2,(H,21,25). The summed E-state index contributed by atoms with van der Waals surface area (Å²) in [6, 6.07) is 15.5. The predicted molar refractivity (Wildman–Crippen MR) is 99.2 cm³/mol. The van der Waals surface area contributed by atoms with Gasteiger partial charge in [-0.2, -0.15) is 0 Å². The smallest absolute Gasteiger partial charge is 0.312 e. The molecule has 0 saturated carbocycles. The van der Waals surface area contributed by atoms with E-state index in [-0.39, 0.29) is 6.04 Å². The third-order valence-electron chi connectivity index (χ3n) is 5.18. The van der Waals surface area contributed by atoms with E-state index < -0.39 is 11.8 Å². The summed E-state index contributed by atoms with van der Waals surface area (Å²) in [6.07, 6.45) is 0. The molecule has 1 unspecified atom stereocenters. The summed E-state index contributed by atoms with van der Waals surface area (Å²) < 4.78 is 6.10. The van der Waals surface area contributed by atoms with Gasteiger partial charge in [0.2, 0.25) is 0 Å². The van der Waals surface area contributed by atoms with Gasteiger partial charge in [0, 0.05) is 26.2 Å². The Labute approximate surface area is 156 Å². The lowest BCUT2D eigenvalue weighted by atomic mass is 10.1. The summed E-state index contributed by atoms with van der Waals surface area (Å²) in [5.74, 6) is 1.36. The highest BCUT2D eigenvalue weighted by molar-refractivity contribution is 6.35. The summed E-state index contributed by atoms with van der Waals surface area (Å²) in [7, 11) is 0. The molecule has 2 aromatic rings. The molecule has 7 heteroatoms. The number of amidine groups is 1. The molecule has 3 aliphatic heterocycles. The van der Waals surface area contributed by atoms with Gasteiger partial charge in [-0.25, -0.2) is 4.99 Å². The average molecular weight is 362 g/mol. The first-order chi connectivity index (χ1) is 13.2. The number of benzene rings is 2. The molecular weight excluding hydrogens is 344 g/mol. The molecule has 1 N–H and O–H groups in total. The van der Waals surface area contributed by atoms with E-state index in [2.05, 4.69) is 10.2 Å². The summed E-state index contributed by atoms with van der Waals surface area (Å²) >= 11 is 0. The molecule has 7 nitrogen and oxygen atoms in total. The predicted octanol–water partition coefficient (Wildman–Crippen LogP) is 1.51. The number of nitrogens with one attached hydrogen (secondary N) is 1. The Hall–Kier alpha value is -3.35. The highest BCUT2D eigenvalue weighted by Gasteiger charge is 2.39. The Morgan fingerprint density at radius 2 is 1.78 bits per heavy atom. The number of hydrogen-bond acceptors (Lipinski definition) is 5. The molecule has 0 spiro atoms. The first-order valence-electron chi connectivity index (χ1n) is 8.99. The third kappa shape index (κ3) is 2.63. The van der Waals surface area contributed by atoms with E-state index in [1.807, 2.05) is 48.5 Å². The van der Waals surface area contributed by atoms with Gasteiger partial charge in [0.05, 0.1) is 11.6 Å². The zero-order valence-electron chi connectivity index (χ0n) is 14.6. The van der Waals surface area contributed by atoms with Crippen LogP contribution in [0.25, 0.3) is 0 Å². The van der Waals surface area contributed by atoms with Crippen molar-refractivity contribution in [1.82, 2.24) is 15.1 Å². The second kappa shape index (κ2) is 6.12. The highest BCUT2D eigenvalue weighted by Crippen LogP contribution is 2.38. The van der Waals surface area contributed by atoms with Crippen molar-refractivity contribution in [3.05, 3.63) is 54.1 Å². The van der Waals surface area contributed by atoms with E-state index in [0.29, 0.717) is 26.2 Å². The SMILES string of the molecule is O=C1NCC2CN(C3=Nc4ccccc4Oc4ccccc43)CCN2C1=O. The maximum absolute atomic E-state index is 12.1. The minimum absolute atomic E-state index is 0.0572. The zero-order chi connectivity index (χ0) is 18.4. The maximum atomic E-state index is 12.1. The number of aliphatic imine (C=N–C) groups is 1. The van der Waals surface area contributed by atoms with Crippen molar-refractivity contribution in [2.24, 2.45) is 4.99 Å². The van der Waals surface area contributed by atoms with Crippen molar-refractivity contribution in [1.29, 1.82) is 0 Å². The van der Waals surface area contributed by atoms with Gasteiger partial charge in [0.25, 0.3) is 0 Å². The van der Waals surface area contributed by atoms with Gasteiger partial charge < -0.3 is 19.9 Å². The van der Waals surface area contributed by atoms with Crippen LogP contribution in [0.1, 0.15) is 5.56 Å². The number of para-hydroxylation sites is 3. The Kier molecular flexibility index (Phi) is 3.60. The third-order valence-corrected chi connectivity index (χ3v) is 5.18. The Morgan fingerprint density at radius 3 is 2.67 bits per heavy atom. The Bertz CT molecular complexity index is 971. The fourth-order valence-electron chi connectivity index (χ4n) is 3.82. The molecule has 2 fully saturated rings. The molecule has 0 aliphatic carbocycles. The van der Waals surface area contributed by atoms with Gasteiger partial charge in [-0.05, 0) is 24.3 Å². The van der Waals surface area contributed by atoms with Crippen LogP contribution in [-0.4, -0.2) is 59.7 Å². The number of fused-ring (bicyclic) bond motifs is 3. The van der Waals surface area contributed by atoms with Gasteiger partial charge >= 0.3 is 11.8 Å². The molecule has 27 heavy (non-hydrogen) atoms. The van der Waals surface area contributed by atoms with Gasteiger partial charge in [-0.3, -0.25) is 9.59 Å². The van der Waals surface area contributed by atoms with Crippen LogP contribution in [0.2, 0.25) is 0 Å². The molecule has 5 rings (SSSR count). The lowest BCUT2D eigenvalue weighted by Crippen LogP contribution is -2.66. The Morgan fingerprint density at radius 1 is 1.00 bits per heavy atom. The van der Waals surface area contributed by atoms with Gasteiger partial charge in [-0.15, -0.1) is 0 Å². The Balaban J connectivity index is 1.53. The number of carbonyl (C=O) groups excluding carboxylic acids is 2. The van der Waals surface area contributed by atoms with E-state index in [1.54, 1.807) is 4.90 Å². The van der Waals surface area contributed by atoms with Gasteiger partial charge in [0.15, 0.2) is 5.75 Å². The number of piperazine rings is 2. The first-order valence-corrected chi connectivity index (χ1v) is 8.99. The molecule has 0 aromatic heterocycles. The quantitative estimate of drug-likeness (QED) is 0.721. The molecular formula is C20H18N4O3. The highest BCUT2D eigenvalue weighted by atomic mass is 16.5. The van der Waals surface area contributed by atoms with Crippen molar-refractivity contribution in [3.8, 4) is 11.5 Å². The lowest BCUT2D eigenvalue weighted by Gasteiger charge is -2.44. The molecule has 2 amide bonds. The van der Waals surface area contributed by atoms with Crippen molar-refractivity contribution in [2.75, 3.05) is 26.2 Å². The van der Waals surface area contributed by atoms with Crippen molar-refractivity contribution >= 4 is 23.3 Å². The van der Waals surface area contributed by atoms with Crippen molar-refractivity contribution in [3.63, 3.8) is 0 Å². The van der Waals surface area contributed by atoms with E-state index in [9.17, 15) is 9.59 Å². The van der Waals surface area contributed by atoms with Crippen LogP contribution < -0.4 is 10.1 Å². The summed E-state index contributed by atoms with van der Waals surface area (Å²) in [6.45, 7) is 2.19. The van der Waals surface area contributed by atoms with E-state index in [4.69, 9.17) is 9.73 Å². The fourth-order valence-corrected chi connectivity index (χ4v) is 3.82. The van der Waals surface area contributed by atoms with Crippen LogP contribution in [0.3, 0.4) is 0 Å². The molecule has 0 bridgehead atoms. The monoisotopic (exact) mass is 362 g/mol. The molecule has 136 valence electrons. The van der Waals surface area contributed by atoms with Crippen LogP contribution in [0.5, 0.6) is 11.5 Å². The van der Waals surface area contributed by atoms with Gasteiger partial charge in [0.1, 0.15) is 17.3 Å². The van der Waals surface area contributed by atoms with E-state index >= 15 is 0 Å². The van der Waals surface area contributed by atoms with Crippen LogP contribution in [0.15, 0.2) is 53.5 Å². The second-order valence-corrected chi connectivity index (χ2v) is 6.81. The molecule has 0 radical (unpaired) electrons. The minimum Gasteiger partial charge on any atom is -0.454 e. The number of carbonyl (C=O) groups is 2. The minimum atomic E-state index is -0.515. The normalized spacial score (nSPS) is 21.2. The number of rotatable bonds is 0. The molecule has 1 atom stereocenters. The molecule has 3 aliphatic rings. The molecule has 2 saturated heterocycles. The maximum Gasteiger partial charge on any atom is 0.312 e. The molecule has 2 aromatic carbocycles. The molecule has 3 heterocycles. The van der Waals surface area contributed by atoms with E-state index in [1.165, 1.54) is 0 Å². The average Bonchev–Trinajstić information content (AvgIpc) is 2.87. The zero-order valence-corrected chi connectivity index (χ0v) is 14.6. The van der Waals surface area contributed by atoms with Crippen LogP contribution in [-0.2, 0) is 9.59 Å². The van der Waals surface area contributed by atoms with E-state index in [0.717, 1.165) is 28.6 Å². The van der Waals surface area contributed by atoms with Crippen molar-refractivity contribution in [2.45, 2.75) is 6.04 Å². The number of nitrogens with zero attached hydrogens (tertiary/aromatic N) is 3. The summed E-state index contributed by atoms with van der Waals surface area (Å²) in [5.41, 5.74) is 1.70. The van der Waals surface area contributed by atoms with Crippen LogP contribution in [0, 0.1) is 0 Å². The second-order valence-electron chi connectivity index (χ2n) is 6.81. The summed E-state index contributed by atoms with van der Waals surface area (Å²) in [5, 5.41) is 2.68.